The van der Waals surface area contributed by atoms with Gasteiger partial charge in [0.25, 0.3) is 23.3 Å². The van der Waals surface area contributed by atoms with E-state index in [4.69, 9.17) is 32.9 Å². The summed E-state index contributed by atoms with van der Waals surface area (Å²) in [5, 5.41) is 6.01. The van der Waals surface area contributed by atoms with Crippen LogP contribution in [0.2, 0.25) is 10.0 Å². The Bertz CT molecular complexity index is 2820. The first-order chi connectivity index (χ1) is 29.8. The highest BCUT2D eigenvalue weighted by molar-refractivity contribution is 6.31. The van der Waals surface area contributed by atoms with Gasteiger partial charge in [0.2, 0.25) is 17.7 Å². The molecule has 3 aromatic heterocycles. The van der Waals surface area contributed by atoms with Crippen LogP contribution in [0.15, 0.2) is 71.8 Å². The summed E-state index contributed by atoms with van der Waals surface area (Å²) in [6.45, 7) is 4.40. The molecule has 15 nitrogen and oxygen atoms in total. The molecule has 1 fully saturated rings. The molecule has 3 aliphatic heterocycles. The van der Waals surface area contributed by atoms with E-state index in [1.807, 2.05) is 24.5 Å². The maximum Gasteiger partial charge on any atom is 0.279 e. The maximum atomic E-state index is 14.5. The van der Waals surface area contributed by atoms with Gasteiger partial charge in [0, 0.05) is 67.6 Å². The van der Waals surface area contributed by atoms with Crippen LogP contribution in [-0.4, -0.2) is 73.2 Å². The molecule has 1 saturated heterocycles. The summed E-state index contributed by atoms with van der Waals surface area (Å²) in [6, 6.07) is 13.6. The minimum absolute atomic E-state index is 0.0853. The molecule has 6 heterocycles. The van der Waals surface area contributed by atoms with E-state index in [9.17, 15) is 28.8 Å². The fraction of sp³-hybridized carbons (Fsp3) is 0.289. The van der Waals surface area contributed by atoms with Crippen molar-refractivity contribution in [3.63, 3.8) is 0 Å². The fourth-order valence-electron chi connectivity index (χ4n) is 8.20. The van der Waals surface area contributed by atoms with Crippen molar-refractivity contribution in [1.29, 1.82) is 0 Å². The molecule has 3 aliphatic rings. The van der Waals surface area contributed by atoms with Crippen LogP contribution in [-0.2, 0) is 23.2 Å². The largest absolute Gasteiger partial charge is 0.480 e. The van der Waals surface area contributed by atoms with Gasteiger partial charge in [-0.25, -0.2) is 9.97 Å². The molecule has 5 aromatic rings. The lowest BCUT2D eigenvalue weighted by Crippen LogP contribution is -2.52. The Kier molecular flexibility index (Phi) is 11.5. The third kappa shape index (κ3) is 7.60. The average Bonchev–Trinajstić information content (AvgIpc) is 3.89. The zero-order chi connectivity index (χ0) is 44.0. The van der Waals surface area contributed by atoms with Gasteiger partial charge in [-0.1, -0.05) is 53.2 Å². The molecule has 0 radical (unpaired) electrons. The number of aryl methyl sites for hydroxylation is 1. The molecular weight excluding hydrogens is 835 g/mol. The zero-order valence-corrected chi connectivity index (χ0v) is 35.6. The van der Waals surface area contributed by atoms with Crippen LogP contribution in [0.1, 0.15) is 105 Å². The van der Waals surface area contributed by atoms with E-state index in [2.05, 4.69) is 27.5 Å². The highest BCUT2D eigenvalue weighted by atomic mass is 35.5. The number of hydrogen-bond acceptors (Lipinski definition) is 9. The Morgan fingerprint density at radius 1 is 1.02 bits per heavy atom. The minimum atomic E-state index is -0.795. The molecule has 0 saturated carbocycles. The first-order valence-corrected chi connectivity index (χ1v) is 20.7. The van der Waals surface area contributed by atoms with Gasteiger partial charge in [-0.2, -0.15) is 0 Å². The predicted octanol–water partition coefficient (Wildman–Crippen LogP) is 5.61. The van der Waals surface area contributed by atoms with E-state index in [0.717, 1.165) is 5.56 Å². The van der Waals surface area contributed by atoms with Gasteiger partial charge in [0.05, 0.1) is 29.0 Å². The molecule has 316 valence electrons. The Hall–Kier alpha value is -6.76. The number of halogens is 2. The summed E-state index contributed by atoms with van der Waals surface area (Å²) in [5.41, 5.74) is 3.52. The van der Waals surface area contributed by atoms with E-state index >= 15 is 0 Å². The molecule has 2 N–H and O–H groups in total. The summed E-state index contributed by atoms with van der Waals surface area (Å²) in [5.74, 6) is 4.84. The van der Waals surface area contributed by atoms with E-state index in [1.165, 1.54) is 39.9 Å². The molecule has 62 heavy (non-hydrogen) atoms. The summed E-state index contributed by atoms with van der Waals surface area (Å²) >= 11 is 12.7. The summed E-state index contributed by atoms with van der Waals surface area (Å²) in [6.07, 6.45) is 4.29. The molecule has 2 atom stereocenters. The number of pyridine rings is 2. The van der Waals surface area contributed by atoms with Gasteiger partial charge in [0.1, 0.15) is 23.6 Å². The molecule has 8 rings (SSSR count). The van der Waals surface area contributed by atoms with E-state index < -0.39 is 35.4 Å². The summed E-state index contributed by atoms with van der Waals surface area (Å²) in [4.78, 5) is 91.1. The highest BCUT2D eigenvalue weighted by Crippen LogP contribution is 2.45. The number of anilines is 1. The third-order valence-corrected chi connectivity index (χ3v) is 11.6. The van der Waals surface area contributed by atoms with Crippen LogP contribution >= 0.6 is 23.2 Å². The van der Waals surface area contributed by atoms with Crippen LogP contribution in [0.5, 0.6) is 5.88 Å². The standard InChI is InChI=1S/C45H40Cl2N8O7/c1-24(2)54-38-36(45(61)55(34-20-29(47)22-52(3)44(34)60)37(38)26-12-14-28(46)15-13-26)51-39(54)31-19-27(21-49-42(31)62-4)40(57)48-18-7-5-6-9-25-10-8-11-30-32(25)23-53(43(30)59)33-16-17-35(56)50-41(33)58/h8,10-15,19-22,24,33,37H,5,7,16-18,23H2,1-4H3,(H,48,57)(H,50,56,58)/t33?,37-/m0/s1. The van der Waals surface area contributed by atoms with Gasteiger partial charge >= 0.3 is 0 Å². The smallest absolute Gasteiger partial charge is 0.279 e. The number of carbonyl (C=O) groups is 5. The van der Waals surface area contributed by atoms with Crippen molar-refractivity contribution in [2.75, 3.05) is 18.6 Å². The number of ether oxygens (including phenoxy) is 1. The number of amides is 5. The van der Waals surface area contributed by atoms with Crippen molar-refractivity contribution in [2.45, 2.75) is 64.2 Å². The number of hydrogen-bond donors (Lipinski definition) is 2. The third-order valence-electron chi connectivity index (χ3n) is 11.1. The van der Waals surface area contributed by atoms with Crippen LogP contribution < -0.4 is 25.8 Å². The summed E-state index contributed by atoms with van der Waals surface area (Å²) in [7, 11) is 3.02. The SMILES string of the molecule is COc1ncc(C(=O)NCCCC#Cc2cccc3c2CN(C2CCC(=O)NC2=O)C3=O)cc1-c1nc2c(n1C(C)C)[C@H](c1ccc(Cl)cc1)N(c1cc(Cl)cn(C)c1=O)C2=O. The lowest BCUT2D eigenvalue weighted by Gasteiger charge is -2.29. The van der Waals surface area contributed by atoms with Crippen LogP contribution in [0.25, 0.3) is 11.4 Å². The number of methoxy groups -OCH3 is 1. The van der Waals surface area contributed by atoms with Crippen molar-refractivity contribution in [3.05, 3.63) is 127 Å². The van der Waals surface area contributed by atoms with Gasteiger partial charge in [-0.05, 0) is 74.2 Å². The Balaban J connectivity index is 1.01. The van der Waals surface area contributed by atoms with Gasteiger partial charge < -0.3 is 24.1 Å². The normalized spacial score (nSPS) is 16.9. The monoisotopic (exact) mass is 874 g/mol. The zero-order valence-electron chi connectivity index (χ0n) is 34.1. The number of rotatable bonds is 10. The molecule has 0 aliphatic carbocycles. The van der Waals surface area contributed by atoms with Crippen LogP contribution in [0.4, 0.5) is 5.69 Å². The Morgan fingerprint density at radius 2 is 1.79 bits per heavy atom. The lowest BCUT2D eigenvalue weighted by atomic mass is 10.0. The second-order valence-electron chi connectivity index (χ2n) is 15.4. The number of fused-ring (bicyclic) bond motifs is 2. The van der Waals surface area contributed by atoms with Crippen molar-refractivity contribution >= 4 is 58.4 Å². The molecule has 17 heteroatoms. The molecule has 1 unspecified atom stereocenters. The predicted molar refractivity (Wildman–Crippen MR) is 230 cm³/mol. The topological polar surface area (TPSA) is 178 Å². The Labute approximate surface area is 366 Å². The molecular formula is C45H40Cl2N8O7. The number of unbranched alkanes of at least 4 members (excludes halogenated alkanes) is 1. The van der Waals surface area contributed by atoms with Crippen molar-refractivity contribution < 1.29 is 28.7 Å². The molecule has 2 aromatic carbocycles. The van der Waals surface area contributed by atoms with Crippen LogP contribution in [0.3, 0.4) is 0 Å². The number of aromatic nitrogens is 4. The first-order valence-electron chi connectivity index (χ1n) is 19.9. The first kappa shape index (κ1) is 42.0. The van der Waals surface area contributed by atoms with Gasteiger partial charge in [0.15, 0.2) is 5.69 Å². The number of benzene rings is 2. The van der Waals surface area contributed by atoms with E-state index in [-0.39, 0.29) is 65.1 Å². The maximum absolute atomic E-state index is 14.5. The highest BCUT2D eigenvalue weighted by Gasteiger charge is 2.46. The number of imide groups is 1. The van der Waals surface area contributed by atoms with E-state index in [0.29, 0.717) is 58.2 Å². The lowest BCUT2D eigenvalue weighted by molar-refractivity contribution is -0.136. The minimum Gasteiger partial charge on any atom is -0.480 e. The van der Waals surface area contributed by atoms with Gasteiger partial charge in [-0.15, -0.1) is 0 Å². The second kappa shape index (κ2) is 16.9. The molecule has 0 bridgehead atoms. The fourth-order valence-corrected chi connectivity index (χ4v) is 8.57. The number of carbonyl (C=O) groups excluding carboxylic acids is 5. The van der Waals surface area contributed by atoms with Crippen molar-refractivity contribution in [2.24, 2.45) is 7.05 Å². The second-order valence-corrected chi connectivity index (χ2v) is 16.3. The van der Waals surface area contributed by atoms with Crippen LogP contribution in [0, 0.1) is 11.8 Å². The number of piperidine rings is 1. The molecule has 5 amide bonds. The van der Waals surface area contributed by atoms with Crippen molar-refractivity contribution in [3.8, 4) is 29.1 Å². The average molecular weight is 876 g/mol. The number of imidazole rings is 1. The Morgan fingerprint density at radius 3 is 2.52 bits per heavy atom. The van der Waals surface area contributed by atoms with Gasteiger partial charge in [-0.3, -0.25) is 39.0 Å². The van der Waals surface area contributed by atoms with Crippen molar-refractivity contribution in [1.82, 2.24) is 34.6 Å². The number of nitrogens with zero attached hydrogens (tertiary/aromatic N) is 6. The molecule has 0 spiro atoms. The number of nitrogens with one attached hydrogen (secondary N) is 2. The van der Waals surface area contributed by atoms with E-state index in [1.54, 1.807) is 49.5 Å². The summed E-state index contributed by atoms with van der Waals surface area (Å²) < 4.78 is 8.88. The quantitative estimate of drug-likeness (QED) is 0.103.